The second kappa shape index (κ2) is 6.37. The summed E-state index contributed by atoms with van der Waals surface area (Å²) in [5.41, 5.74) is 1.12. The molecule has 2 aromatic rings. The van der Waals surface area contributed by atoms with Gasteiger partial charge in [-0.15, -0.1) is 0 Å². The van der Waals surface area contributed by atoms with Crippen molar-refractivity contribution in [3.63, 3.8) is 0 Å². The molecule has 2 rings (SSSR count). The van der Waals surface area contributed by atoms with Gasteiger partial charge in [0, 0.05) is 16.7 Å². The lowest BCUT2D eigenvalue weighted by molar-refractivity contribution is 0.479. The fraction of sp³-hybridized carbons (Fsp3) is 0.214. The molecule has 0 radical (unpaired) electrons. The number of nitrogens with one attached hydrogen (secondary N) is 1. The molecule has 19 heavy (non-hydrogen) atoms. The monoisotopic (exact) mass is 340 g/mol. The van der Waals surface area contributed by atoms with Gasteiger partial charge >= 0.3 is 0 Å². The molecule has 1 aromatic heterocycles. The van der Waals surface area contributed by atoms with Gasteiger partial charge in [-0.25, -0.2) is 0 Å². The second-order valence-corrected chi connectivity index (χ2v) is 5.46. The number of aromatic nitrogens is 1. The van der Waals surface area contributed by atoms with Crippen LogP contribution in [0.1, 0.15) is 18.5 Å². The van der Waals surface area contributed by atoms with Crippen molar-refractivity contribution in [3.8, 4) is 11.5 Å². The highest BCUT2D eigenvalue weighted by Crippen LogP contribution is 2.32. The zero-order chi connectivity index (χ0) is 13.8. The summed E-state index contributed by atoms with van der Waals surface area (Å²) in [5.74, 6) is 1.26. The predicted octanol–water partition coefficient (Wildman–Crippen LogP) is 4.57. The molecule has 0 bridgehead atoms. The molecule has 0 aliphatic carbocycles. The summed E-state index contributed by atoms with van der Waals surface area (Å²) in [4.78, 5) is 4.04. The van der Waals surface area contributed by atoms with Crippen LogP contribution in [-0.2, 0) is 0 Å². The fourth-order valence-electron chi connectivity index (χ4n) is 1.61. The summed E-state index contributed by atoms with van der Waals surface area (Å²) in [6.07, 6.45) is 3.34. The lowest BCUT2D eigenvalue weighted by Gasteiger charge is -2.13. The van der Waals surface area contributed by atoms with Gasteiger partial charge in [0.1, 0.15) is 11.5 Å². The minimum Gasteiger partial charge on any atom is -0.454 e. The highest BCUT2D eigenvalue weighted by Gasteiger charge is 2.08. The highest BCUT2D eigenvalue weighted by atomic mass is 79.9. The maximum absolute atomic E-state index is 6.24. The number of pyridine rings is 1. The Hall–Kier alpha value is -1.10. The van der Waals surface area contributed by atoms with Crippen LogP contribution in [-0.4, -0.2) is 12.0 Å². The molecule has 0 amide bonds. The molecule has 0 saturated carbocycles. The van der Waals surface area contributed by atoms with Crippen LogP contribution < -0.4 is 10.1 Å². The van der Waals surface area contributed by atoms with Gasteiger partial charge in [0.2, 0.25) is 0 Å². The van der Waals surface area contributed by atoms with Crippen LogP contribution in [0, 0.1) is 0 Å². The van der Waals surface area contributed by atoms with E-state index in [-0.39, 0.29) is 6.04 Å². The molecule has 0 aliphatic rings. The number of rotatable bonds is 4. The van der Waals surface area contributed by atoms with Crippen molar-refractivity contribution in [1.82, 2.24) is 10.3 Å². The average molecular weight is 342 g/mol. The molecule has 1 heterocycles. The van der Waals surface area contributed by atoms with Gasteiger partial charge in [-0.05, 0) is 53.7 Å². The van der Waals surface area contributed by atoms with Gasteiger partial charge in [0.25, 0.3) is 0 Å². The standard InChI is InChI=1S/C14H14BrClN2O/c1-9(17-2)10-3-4-14(13(16)5-10)19-12-6-11(15)7-18-8-12/h3-9,17H,1-2H3. The van der Waals surface area contributed by atoms with Crippen molar-refractivity contribution >= 4 is 27.5 Å². The first kappa shape index (κ1) is 14.3. The molecule has 0 saturated heterocycles. The van der Waals surface area contributed by atoms with Crippen molar-refractivity contribution in [2.45, 2.75) is 13.0 Å². The summed E-state index contributed by atoms with van der Waals surface area (Å²) in [6.45, 7) is 2.07. The molecule has 1 N–H and O–H groups in total. The zero-order valence-electron chi connectivity index (χ0n) is 10.7. The lowest BCUT2D eigenvalue weighted by atomic mass is 10.1. The fourth-order valence-corrected chi connectivity index (χ4v) is 2.18. The van der Waals surface area contributed by atoms with Gasteiger partial charge in [0.05, 0.1) is 11.2 Å². The quantitative estimate of drug-likeness (QED) is 0.884. The second-order valence-electron chi connectivity index (χ2n) is 4.14. The number of hydrogen-bond donors (Lipinski definition) is 1. The first-order chi connectivity index (χ1) is 9.10. The van der Waals surface area contributed by atoms with Crippen LogP contribution >= 0.6 is 27.5 Å². The van der Waals surface area contributed by atoms with Crippen LogP contribution in [0.4, 0.5) is 0 Å². The first-order valence-corrected chi connectivity index (χ1v) is 7.02. The largest absolute Gasteiger partial charge is 0.454 e. The van der Waals surface area contributed by atoms with Crippen LogP contribution in [0.15, 0.2) is 41.1 Å². The van der Waals surface area contributed by atoms with Crippen LogP contribution in [0.3, 0.4) is 0 Å². The molecular formula is C14H14BrClN2O. The normalized spacial score (nSPS) is 12.2. The third kappa shape index (κ3) is 3.69. The predicted molar refractivity (Wildman–Crippen MR) is 80.9 cm³/mol. The summed E-state index contributed by atoms with van der Waals surface area (Å²) in [7, 11) is 1.91. The van der Waals surface area contributed by atoms with Crippen molar-refractivity contribution in [2.75, 3.05) is 7.05 Å². The van der Waals surface area contributed by atoms with E-state index in [2.05, 4.69) is 33.2 Å². The van der Waals surface area contributed by atoms with Crippen molar-refractivity contribution in [1.29, 1.82) is 0 Å². The van der Waals surface area contributed by atoms with Gasteiger partial charge in [-0.2, -0.15) is 0 Å². The van der Waals surface area contributed by atoms with Crippen molar-refractivity contribution < 1.29 is 4.74 Å². The van der Waals surface area contributed by atoms with E-state index in [1.165, 1.54) is 0 Å². The molecule has 3 nitrogen and oxygen atoms in total. The van der Waals surface area contributed by atoms with E-state index in [1.54, 1.807) is 12.4 Å². The molecule has 1 unspecified atom stereocenters. The topological polar surface area (TPSA) is 34.1 Å². The van der Waals surface area contributed by atoms with Crippen molar-refractivity contribution in [2.24, 2.45) is 0 Å². The Balaban J connectivity index is 2.22. The number of halogens is 2. The number of ether oxygens (including phenoxy) is 1. The number of hydrogen-bond acceptors (Lipinski definition) is 3. The molecular weight excluding hydrogens is 328 g/mol. The molecule has 5 heteroatoms. The Morgan fingerprint density at radius 2 is 2.11 bits per heavy atom. The minimum atomic E-state index is 0.249. The molecule has 1 atom stereocenters. The highest BCUT2D eigenvalue weighted by molar-refractivity contribution is 9.10. The van der Waals surface area contributed by atoms with Gasteiger partial charge < -0.3 is 10.1 Å². The Labute approximate surface area is 126 Å². The molecule has 100 valence electrons. The first-order valence-electron chi connectivity index (χ1n) is 5.85. The zero-order valence-corrected chi connectivity index (χ0v) is 13.0. The lowest BCUT2D eigenvalue weighted by Crippen LogP contribution is -2.12. The maximum atomic E-state index is 6.24. The van der Waals surface area contributed by atoms with E-state index in [4.69, 9.17) is 16.3 Å². The van der Waals surface area contributed by atoms with E-state index in [9.17, 15) is 0 Å². The van der Waals surface area contributed by atoms with Crippen LogP contribution in [0.25, 0.3) is 0 Å². The van der Waals surface area contributed by atoms with Crippen LogP contribution in [0.5, 0.6) is 11.5 Å². The molecule has 1 aromatic carbocycles. The van der Waals surface area contributed by atoms with Crippen molar-refractivity contribution in [3.05, 3.63) is 51.7 Å². The minimum absolute atomic E-state index is 0.249. The number of nitrogens with zero attached hydrogens (tertiary/aromatic N) is 1. The molecule has 0 spiro atoms. The molecule has 0 fully saturated rings. The van der Waals surface area contributed by atoms with E-state index in [0.717, 1.165) is 10.0 Å². The Morgan fingerprint density at radius 3 is 2.74 bits per heavy atom. The van der Waals surface area contributed by atoms with Gasteiger partial charge in [-0.3, -0.25) is 4.98 Å². The summed E-state index contributed by atoms with van der Waals surface area (Å²) in [5, 5.41) is 3.75. The summed E-state index contributed by atoms with van der Waals surface area (Å²) in [6, 6.07) is 7.86. The van der Waals surface area contributed by atoms with E-state index in [0.29, 0.717) is 16.5 Å². The van der Waals surface area contributed by atoms with E-state index < -0.39 is 0 Å². The summed E-state index contributed by atoms with van der Waals surface area (Å²) < 4.78 is 6.58. The molecule has 0 aliphatic heterocycles. The number of benzene rings is 1. The smallest absolute Gasteiger partial charge is 0.146 e. The SMILES string of the molecule is CNC(C)c1ccc(Oc2cncc(Br)c2)c(Cl)c1. The average Bonchev–Trinajstić information content (AvgIpc) is 2.40. The van der Waals surface area contributed by atoms with E-state index >= 15 is 0 Å². The maximum Gasteiger partial charge on any atom is 0.146 e. The van der Waals surface area contributed by atoms with Gasteiger partial charge in [-0.1, -0.05) is 17.7 Å². The Morgan fingerprint density at radius 1 is 1.32 bits per heavy atom. The summed E-state index contributed by atoms with van der Waals surface area (Å²) >= 11 is 9.59. The van der Waals surface area contributed by atoms with E-state index in [1.807, 2.05) is 31.3 Å². The third-order valence-electron chi connectivity index (χ3n) is 2.80. The van der Waals surface area contributed by atoms with Crippen LogP contribution in [0.2, 0.25) is 5.02 Å². The van der Waals surface area contributed by atoms with Gasteiger partial charge in [0.15, 0.2) is 0 Å². The Bertz CT molecular complexity index is 577. The third-order valence-corrected chi connectivity index (χ3v) is 3.53. The Kier molecular flexibility index (Phi) is 4.80.